The minimum Gasteiger partial charge on any atom is -0.450 e. The molecule has 1 aliphatic heterocycles. The van der Waals surface area contributed by atoms with E-state index in [2.05, 4.69) is 30.9 Å². The normalized spacial score (nSPS) is 14.8. The summed E-state index contributed by atoms with van der Waals surface area (Å²) >= 11 is 0. The molecule has 0 aromatic heterocycles. The molecule has 0 atom stereocenters. The second-order valence-corrected chi connectivity index (χ2v) is 16.0. The number of likely N-dealkylation sites (tertiary alicyclic amines) is 1. The highest BCUT2D eigenvalue weighted by Crippen LogP contribution is 2.23. The number of alkyl carbamates (subject to hydrolysis) is 4. The molecule has 1 heterocycles. The molecule has 1 saturated heterocycles. The maximum atomic E-state index is 11.3. The second-order valence-electron chi connectivity index (χ2n) is 16.0. The van der Waals surface area contributed by atoms with E-state index in [0.29, 0.717) is 13.2 Å². The number of amides is 4. The summed E-state index contributed by atoms with van der Waals surface area (Å²) in [6.45, 7) is 32.5. The van der Waals surface area contributed by atoms with E-state index in [1.807, 2.05) is 96.9 Å². The van der Waals surface area contributed by atoms with Crippen molar-refractivity contribution in [3.8, 4) is 0 Å². The predicted molar refractivity (Wildman–Crippen MR) is 187 cm³/mol. The summed E-state index contributed by atoms with van der Waals surface area (Å²) in [5, 5.41) is 10.8. The molecule has 0 aromatic rings. The number of carbonyl (C=O) groups is 4. The van der Waals surface area contributed by atoms with E-state index in [1.165, 1.54) is 12.8 Å². The summed E-state index contributed by atoms with van der Waals surface area (Å²) in [6.07, 6.45) is 3.41. The largest absolute Gasteiger partial charge is 0.450 e. The maximum Gasteiger partial charge on any atom is 0.407 e. The molecule has 2 aliphatic rings. The van der Waals surface area contributed by atoms with Crippen LogP contribution in [0.4, 0.5) is 19.2 Å². The molecule has 0 unspecified atom stereocenters. The van der Waals surface area contributed by atoms with Crippen LogP contribution in [0.25, 0.3) is 0 Å². The summed E-state index contributed by atoms with van der Waals surface area (Å²) in [5.74, 6) is 0. The number of nitrogens with one attached hydrogen (secondary N) is 4. The first-order valence-corrected chi connectivity index (χ1v) is 16.8. The number of hydrogen-bond acceptors (Lipinski definition) is 9. The smallest absolute Gasteiger partial charge is 0.407 e. The van der Waals surface area contributed by atoms with Crippen LogP contribution >= 0.6 is 0 Å². The van der Waals surface area contributed by atoms with Crippen LogP contribution in [0.2, 0.25) is 0 Å². The Morgan fingerprint density at radius 2 is 1.02 bits per heavy atom. The van der Waals surface area contributed by atoms with Crippen LogP contribution in [-0.4, -0.2) is 96.5 Å². The molecule has 0 bridgehead atoms. The Balaban J connectivity index is 0. The fourth-order valence-electron chi connectivity index (χ4n) is 3.31. The van der Waals surface area contributed by atoms with Gasteiger partial charge in [-0.25, -0.2) is 19.2 Å². The van der Waals surface area contributed by atoms with Gasteiger partial charge in [0.15, 0.2) is 0 Å². The fourth-order valence-corrected chi connectivity index (χ4v) is 3.31. The van der Waals surface area contributed by atoms with Crippen molar-refractivity contribution in [3.05, 3.63) is 0 Å². The Morgan fingerprint density at radius 3 is 1.38 bits per heavy atom. The first-order chi connectivity index (χ1) is 21.2. The number of carbonyl (C=O) groups excluding carboxylic acids is 4. The van der Waals surface area contributed by atoms with E-state index in [4.69, 9.17) is 14.2 Å². The standard InChI is InChI=1S/C11H22N2O2.C8H15NO2.C8H17NO2.C7H15NO2/c1-11(2,3)12-10(14)15-9-8-13-6-4-5-7-13;1-8(2,3)9-7(10)11-6-4-5-6;1-6(2)11-7(10)9-8(3,4)5;1-5-10-6(9)8-7(2,3)4/h4-9H2,1-3H3,(H,12,14);6H,4-5H2,1-3H3,(H,9,10);6H,1-5H3,(H,9,10);5H2,1-4H3,(H,8,9). The van der Waals surface area contributed by atoms with Gasteiger partial charge in [0.25, 0.3) is 0 Å². The highest BCUT2D eigenvalue weighted by molar-refractivity contribution is 5.69. The molecule has 13 nitrogen and oxygen atoms in total. The van der Waals surface area contributed by atoms with E-state index in [-0.39, 0.29) is 58.7 Å². The fraction of sp³-hybridized carbons (Fsp3) is 0.882. The Hall–Kier alpha value is -2.96. The van der Waals surface area contributed by atoms with Gasteiger partial charge in [0.2, 0.25) is 0 Å². The maximum absolute atomic E-state index is 11.3. The van der Waals surface area contributed by atoms with E-state index in [0.717, 1.165) is 32.5 Å². The van der Waals surface area contributed by atoms with Crippen LogP contribution in [0.15, 0.2) is 0 Å². The monoisotopic (exact) mass is 676 g/mol. The molecule has 1 saturated carbocycles. The third kappa shape index (κ3) is 37.4. The lowest BCUT2D eigenvalue weighted by Gasteiger charge is -2.21. The summed E-state index contributed by atoms with van der Waals surface area (Å²) in [7, 11) is 0. The van der Waals surface area contributed by atoms with Gasteiger partial charge >= 0.3 is 24.4 Å². The van der Waals surface area contributed by atoms with Gasteiger partial charge in [0, 0.05) is 28.7 Å². The third-order valence-electron chi connectivity index (χ3n) is 5.16. The van der Waals surface area contributed by atoms with Crippen LogP contribution in [0.5, 0.6) is 0 Å². The van der Waals surface area contributed by atoms with E-state index in [9.17, 15) is 19.2 Å². The quantitative estimate of drug-likeness (QED) is 0.224. The molecule has 4 amide bonds. The van der Waals surface area contributed by atoms with Crippen LogP contribution < -0.4 is 21.3 Å². The van der Waals surface area contributed by atoms with Crippen LogP contribution in [0.1, 0.15) is 130 Å². The van der Waals surface area contributed by atoms with Gasteiger partial charge in [-0.2, -0.15) is 0 Å². The minimum atomic E-state index is -0.354. The van der Waals surface area contributed by atoms with E-state index >= 15 is 0 Å². The van der Waals surface area contributed by atoms with Gasteiger partial charge in [-0.1, -0.05) is 0 Å². The van der Waals surface area contributed by atoms with Gasteiger partial charge in [-0.15, -0.1) is 0 Å². The average molecular weight is 676 g/mol. The highest BCUT2D eigenvalue weighted by atomic mass is 16.6. The van der Waals surface area contributed by atoms with Crippen molar-refractivity contribution in [1.82, 2.24) is 26.2 Å². The molecule has 0 spiro atoms. The summed E-state index contributed by atoms with van der Waals surface area (Å²) in [5.41, 5.74) is -0.824. The molecule has 2 rings (SSSR count). The van der Waals surface area contributed by atoms with Gasteiger partial charge in [-0.3, -0.25) is 4.90 Å². The third-order valence-corrected chi connectivity index (χ3v) is 5.16. The number of nitrogens with zero attached hydrogens (tertiary/aromatic N) is 1. The van der Waals surface area contributed by atoms with E-state index < -0.39 is 0 Å². The van der Waals surface area contributed by atoms with Gasteiger partial charge in [-0.05, 0) is 143 Å². The van der Waals surface area contributed by atoms with Gasteiger partial charge in [0.05, 0.1) is 12.7 Å². The number of hydrogen-bond donors (Lipinski definition) is 4. The lowest BCUT2D eigenvalue weighted by Crippen LogP contribution is -2.41. The van der Waals surface area contributed by atoms with Crippen LogP contribution in [-0.2, 0) is 18.9 Å². The molecular formula is C34H69N5O8. The minimum absolute atomic E-state index is 0.0580. The van der Waals surface area contributed by atoms with Crippen molar-refractivity contribution in [2.45, 2.75) is 164 Å². The van der Waals surface area contributed by atoms with Crippen molar-refractivity contribution in [3.63, 3.8) is 0 Å². The average Bonchev–Trinajstić information content (AvgIpc) is 3.45. The molecule has 47 heavy (non-hydrogen) atoms. The molecule has 0 radical (unpaired) electrons. The van der Waals surface area contributed by atoms with Gasteiger partial charge < -0.3 is 40.2 Å². The second kappa shape index (κ2) is 21.8. The van der Waals surface area contributed by atoms with Crippen molar-refractivity contribution in [1.29, 1.82) is 0 Å². The first kappa shape index (κ1) is 46.2. The van der Waals surface area contributed by atoms with Crippen molar-refractivity contribution in [2.75, 3.05) is 32.8 Å². The Labute approximate surface area is 285 Å². The van der Waals surface area contributed by atoms with Crippen molar-refractivity contribution < 1.29 is 38.1 Å². The number of ether oxygens (including phenoxy) is 4. The molecular weight excluding hydrogens is 606 g/mol. The molecule has 13 heteroatoms. The first-order valence-electron chi connectivity index (χ1n) is 16.8. The summed E-state index contributed by atoms with van der Waals surface area (Å²) < 4.78 is 19.6. The topological polar surface area (TPSA) is 157 Å². The Bertz CT molecular complexity index is 877. The van der Waals surface area contributed by atoms with Crippen molar-refractivity contribution >= 4 is 24.4 Å². The molecule has 0 aromatic carbocycles. The zero-order valence-corrected chi connectivity index (χ0v) is 32.2. The Kier molecular flexibility index (Phi) is 21.4. The molecule has 278 valence electrons. The summed E-state index contributed by atoms with van der Waals surface area (Å²) in [4.78, 5) is 46.2. The molecule has 2 fully saturated rings. The molecule has 4 N–H and O–H groups in total. The lowest BCUT2D eigenvalue weighted by atomic mass is 10.1. The van der Waals surface area contributed by atoms with Crippen molar-refractivity contribution in [2.24, 2.45) is 0 Å². The highest BCUT2D eigenvalue weighted by Gasteiger charge is 2.27. The molecule has 1 aliphatic carbocycles. The van der Waals surface area contributed by atoms with Gasteiger partial charge in [0.1, 0.15) is 12.7 Å². The zero-order chi connectivity index (χ0) is 37.1. The van der Waals surface area contributed by atoms with E-state index in [1.54, 1.807) is 6.92 Å². The Morgan fingerprint density at radius 1 is 0.638 bits per heavy atom. The van der Waals surface area contributed by atoms with Crippen LogP contribution in [0.3, 0.4) is 0 Å². The summed E-state index contributed by atoms with van der Waals surface area (Å²) in [6, 6.07) is 0. The van der Waals surface area contributed by atoms with Crippen LogP contribution in [0, 0.1) is 0 Å². The number of rotatable bonds is 6. The predicted octanol–water partition coefficient (Wildman–Crippen LogP) is 6.73. The zero-order valence-electron chi connectivity index (χ0n) is 32.2. The lowest BCUT2D eigenvalue weighted by molar-refractivity contribution is 0.108. The SMILES string of the molecule is CC(C)(C)NC(=O)OC1CC1.CC(C)(C)NC(=O)OCCN1CCCC1.CC(C)OC(=O)NC(C)(C)C.CCOC(=O)NC(C)(C)C.